The highest BCUT2D eigenvalue weighted by Gasteiger charge is 2.41. The van der Waals surface area contributed by atoms with E-state index in [1.165, 1.54) is 16.7 Å². The van der Waals surface area contributed by atoms with Crippen molar-refractivity contribution < 1.29 is 4.79 Å². The van der Waals surface area contributed by atoms with Gasteiger partial charge in [-0.25, -0.2) is 0 Å². The molecule has 4 rings (SSSR count). The molecule has 0 aliphatic carbocycles. The maximum Gasteiger partial charge on any atom is 0.221 e. The van der Waals surface area contributed by atoms with Gasteiger partial charge in [-0.05, 0) is 67.7 Å². The lowest BCUT2D eigenvalue weighted by Gasteiger charge is -2.27. The van der Waals surface area contributed by atoms with Crippen molar-refractivity contribution in [2.24, 2.45) is 0 Å². The Bertz CT molecular complexity index is 1000. The van der Waals surface area contributed by atoms with Crippen LogP contribution in [-0.2, 0) is 4.79 Å². The second-order valence-electron chi connectivity index (χ2n) is 6.67. The highest BCUT2D eigenvalue weighted by atomic mass is 32.1. The third kappa shape index (κ3) is 3.63. The van der Waals surface area contributed by atoms with E-state index in [-0.39, 0.29) is 18.0 Å². The summed E-state index contributed by atoms with van der Waals surface area (Å²) in [5.74, 6) is -0.0896. The van der Waals surface area contributed by atoms with Crippen LogP contribution in [0.15, 0.2) is 60.8 Å². The molecule has 0 saturated carbocycles. The molecule has 1 amide bonds. The number of amides is 1. The third-order valence-corrected chi connectivity index (χ3v) is 6.00. The number of hydrogen-bond donors (Lipinski definition) is 2. The van der Waals surface area contributed by atoms with Gasteiger partial charge < -0.3 is 15.5 Å². The lowest BCUT2D eigenvalue weighted by Crippen LogP contribution is -2.29. The Morgan fingerprint density at radius 1 is 1.18 bits per heavy atom. The normalized spacial score (nSPS) is 18.8. The molecule has 1 aliphatic rings. The van der Waals surface area contributed by atoms with Gasteiger partial charge in [0.25, 0.3) is 0 Å². The quantitative estimate of drug-likeness (QED) is 0.619. The summed E-state index contributed by atoms with van der Waals surface area (Å²) in [5.41, 5.74) is 2.69. The zero-order valence-corrected chi connectivity index (χ0v) is 17.2. The van der Waals surface area contributed by atoms with Crippen LogP contribution < -0.4 is 15.5 Å². The van der Waals surface area contributed by atoms with E-state index < -0.39 is 0 Å². The average molecular weight is 409 g/mol. The summed E-state index contributed by atoms with van der Waals surface area (Å²) in [6.45, 7) is 3.61. The molecule has 0 bridgehead atoms. The summed E-state index contributed by atoms with van der Waals surface area (Å²) in [5, 5.41) is 6.92. The van der Waals surface area contributed by atoms with Crippen molar-refractivity contribution in [3.05, 3.63) is 76.2 Å². The van der Waals surface area contributed by atoms with Gasteiger partial charge in [-0.1, -0.05) is 6.07 Å². The fraction of sp³-hybridized carbons (Fsp3) is 0.190. The molecule has 2 aromatic heterocycles. The Morgan fingerprint density at radius 2 is 1.96 bits per heavy atom. The molecular weight excluding hydrogens is 388 g/mol. The molecule has 28 heavy (non-hydrogen) atoms. The standard InChI is InChI=1S/C21H20N4OS2/c1-13-6-11-18(28-13)20-19(17-5-3-4-12-22-17)24-21(27)25(20)16-9-7-15(8-10-16)23-14(2)26/h3-12,19-20H,1-2H3,(H,23,26)(H,24,27)/t19-,20-/m1/s1. The van der Waals surface area contributed by atoms with Crippen LogP contribution >= 0.6 is 23.6 Å². The highest BCUT2D eigenvalue weighted by Crippen LogP contribution is 2.43. The number of aromatic nitrogens is 1. The molecule has 1 fully saturated rings. The van der Waals surface area contributed by atoms with Crippen LogP contribution in [0.2, 0.25) is 0 Å². The van der Waals surface area contributed by atoms with Crippen LogP contribution in [-0.4, -0.2) is 16.0 Å². The van der Waals surface area contributed by atoms with Crippen molar-refractivity contribution in [3.8, 4) is 0 Å². The Labute approximate surface area is 173 Å². The van der Waals surface area contributed by atoms with Gasteiger partial charge in [0.05, 0.1) is 17.8 Å². The van der Waals surface area contributed by atoms with Gasteiger partial charge in [0.15, 0.2) is 5.11 Å². The van der Waals surface area contributed by atoms with E-state index in [9.17, 15) is 4.79 Å². The van der Waals surface area contributed by atoms with Crippen LogP contribution in [0.3, 0.4) is 0 Å². The molecule has 142 valence electrons. The van der Waals surface area contributed by atoms with Gasteiger partial charge in [-0.15, -0.1) is 11.3 Å². The monoisotopic (exact) mass is 408 g/mol. The number of anilines is 2. The van der Waals surface area contributed by atoms with E-state index in [1.807, 2.05) is 48.7 Å². The maximum absolute atomic E-state index is 11.3. The molecule has 3 heterocycles. The van der Waals surface area contributed by atoms with Crippen LogP contribution in [0.25, 0.3) is 0 Å². The summed E-state index contributed by atoms with van der Waals surface area (Å²) in [4.78, 5) is 20.5. The molecule has 1 saturated heterocycles. The molecule has 1 aromatic carbocycles. The molecule has 7 heteroatoms. The number of carbonyl (C=O) groups excluding carboxylic acids is 1. The van der Waals surface area contributed by atoms with Crippen molar-refractivity contribution in [2.45, 2.75) is 25.9 Å². The first-order valence-corrected chi connectivity index (χ1v) is 10.2. The first-order chi connectivity index (χ1) is 13.5. The smallest absolute Gasteiger partial charge is 0.221 e. The number of pyridine rings is 1. The number of benzene rings is 1. The SMILES string of the molecule is CC(=O)Nc1ccc(N2C(=S)N[C@H](c3ccccn3)[C@H]2c2ccc(C)s2)cc1. The van der Waals surface area contributed by atoms with Crippen LogP contribution in [0.4, 0.5) is 11.4 Å². The second kappa shape index (κ2) is 7.69. The van der Waals surface area contributed by atoms with Crippen molar-refractivity contribution in [3.63, 3.8) is 0 Å². The van der Waals surface area contributed by atoms with Crippen LogP contribution in [0.1, 0.15) is 34.5 Å². The van der Waals surface area contributed by atoms with Crippen molar-refractivity contribution in [1.29, 1.82) is 0 Å². The van der Waals surface area contributed by atoms with Crippen LogP contribution in [0.5, 0.6) is 0 Å². The summed E-state index contributed by atoms with van der Waals surface area (Å²) < 4.78 is 0. The number of nitrogens with zero attached hydrogens (tertiary/aromatic N) is 2. The summed E-state index contributed by atoms with van der Waals surface area (Å²) in [6, 6.07) is 17.9. The number of thiophene rings is 1. The zero-order chi connectivity index (χ0) is 19.7. The summed E-state index contributed by atoms with van der Waals surface area (Å²) in [7, 11) is 0. The molecule has 0 unspecified atom stereocenters. The summed E-state index contributed by atoms with van der Waals surface area (Å²) in [6.07, 6.45) is 1.81. The average Bonchev–Trinajstić information content (AvgIpc) is 3.26. The zero-order valence-electron chi connectivity index (χ0n) is 15.5. The van der Waals surface area contributed by atoms with Gasteiger partial charge in [-0.3, -0.25) is 9.78 Å². The fourth-order valence-electron chi connectivity index (χ4n) is 3.44. The third-order valence-electron chi connectivity index (χ3n) is 4.62. The van der Waals surface area contributed by atoms with Gasteiger partial charge in [-0.2, -0.15) is 0 Å². The topological polar surface area (TPSA) is 57.3 Å². The Kier molecular flexibility index (Phi) is 5.11. The molecule has 2 N–H and O–H groups in total. The van der Waals surface area contributed by atoms with Gasteiger partial charge in [0.2, 0.25) is 5.91 Å². The number of aryl methyl sites for hydroxylation is 1. The number of hydrogen-bond acceptors (Lipinski definition) is 4. The van der Waals surface area contributed by atoms with Crippen molar-refractivity contribution in [1.82, 2.24) is 10.3 Å². The molecule has 1 aliphatic heterocycles. The first-order valence-electron chi connectivity index (χ1n) is 8.97. The lowest BCUT2D eigenvalue weighted by molar-refractivity contribution is -0.114. The Balaban J connectivity index is 1.74. The second-order valence-corrected chi connectivity index (χ2v) is 8.38. The molecule has 0 spiro atoms. The molecule has 2 atom stereocenters. The van der Waals surface area contributed by atoms with E-state index in [0.29, 0.717) is 5.11 Å². The minimum absolute atomic E-state index is 0.00714. The molecular formula is C21H20N4OS2. The highest BCUT2D eigenvalue weighted by molar-refractivity contribution is 7.80. The van der Waals surface area contributed by atoms with E-state index in [2.05, 4.69) is 39.6 Å². The maximum atomic E-state index is 11.3. The molecule has 3 aromatic rings. The summed E-state index contributed by atoms with van der Waals surface area (Å²) >= 11 is 7.48. The number of thiocarbonyl (C=S) groups is 1. The predicted octanol–water partition coefficient (Wildman–Crippen LogP) is 4.59. The van der Waals surface area contributed by atoms with Crippen molar-refractivity contribution >= 4 is 45.9 Å². The number of carbonyl (C=O) groups is 1. The fourth-order valence-corrected chi connectivity index (χ4v) is 4.80. The minimum Gasteiger partial charge on any atom is -0.351 e. The van der Waals surface area contributed by atoms with E-state index in [0.717, 1.165) is 17.1 Å². The van der Waals surface area contributed by atoms with E-state index >= 15 is 0 Å². The van der Waals surface area contributed by atoms with Gasteiger partial charge in [0.1, 0.15) is 0 Å². The first kappa shape index (κ1) is 18.6. The molecule has 5 nitrogen and oxygen atoms in total. The number of rotatable bonds is 4. The Morgan fingerprint density at radius 3 is 2.57 bits per heavy atom. The van der Waals surface area contributed by atoms with Crippen LogP contribution in [0, 0.1) is 6.92 Å². The lowest BCUT2D eigenvalue weighted by atomic mass is 10.0. The predicted molar refractivity (Wildman–Crippen MR) is 118 cm³/mol. The minimum atomic E-state index is -0.0896. The van der Waals surface area contributed by atoms with Gasteiger partial charge >= 0.3 is 0 Å². The van der Waals surface area contributed by atoms with Crippen molar-refractivity contribution in [2.75, 3.05) is 10.2 Å². The number of nitrogens with one attached hydrogen (secondary N) is 2. The largest absolute Gasteiger partial charge is 0.351 e. The van der Waals surface area contributed by atoms with E-state index in [1.54, 1.807) is 11.3 Å². The molecule has 0 radical (unpaired) electrons. The van der Waals surface area contributed by atoms with E-state index in [4.69, 9.17) is 12.2 Å². The Hall–Kier alpha value is -2.77. The van der Waals surface area contributed by atoms with Gasteiger partial charge in [0, 0.05) is 34.2 Å².